The molecule has 2 amide bonds. The first-order valence-electron chi connectivity index (χ1n) is 12.8. The van der Waals surface area contributed by atoms with Gasteiger partial charge in [-0.25, -0.2) is 9.78 Å². The topological polar surface area (TPSA) is 64.6 Å². The Bertz CT molecular complexity index is 1200. The number of urea groups is 1. The Morgan fingerprint density at radius 1 is 0.971 bits per heavy atom. The number of piperazine rings is 1. The van der Waals surface area contributed by atoms with Crippen molar-refractivity contribution in [2.45, 2.75) is 51.4 Å². The second-order valence-electron chi connectivity index (χ2n) is 10.9. The van der Waals surface area contributed by atoms with E-state index in [4.69, 9.17) is 4.98 Å². The minimum absolute atomic E-state index is 0.0777. The number of fused-ring (bicyclic) bond motifs is 1. The molecule has 2 aromatic carbocycles. The maximum atomic E-state index is 13.2. The molecule has 35 heavy (non-hydrogen) atoms. The molecule has 2 aliphatic heterocycles. The van der Waals surface area contributed by atoms with Crippen LogP contribution in [0.5, 0.6) is 0 Å². The number of aromatic nitrogens is 2. The number of hydrogen-bond donors (Lipinski definition) is 1. The fourth-order valence-electron chi connectivity index (χ4n) is 6.27. The number of benzene rings is 2. The highest BCUT2D eigenvalue weighted by Gasteiger charge is 2.52. The summed E-state index contributed by atoms with van der Waals surface area (Å²) in [5.74, 6) is 0.883. The molecule has 0 bridgehead atoms. The Labute approximate surface area is 207 Å². The summed E-state index contributed by atoms with van der Waals surface area (Å²) in [6.07, 6.45) is 4.05. The number of para-hydroxylation sites is 2. The lowest BCUT2D eigenvalue weighted by Crippen LogP contribution is -2.68. The second kappa shape index (κ2) is 8.79. The van der Waals surface area contributed by atoms with Crippen molar-refractivity contribution in [1.29, 1.82) is 0 Å². The lowest BCUT2D eigenvalue weighted by atomic mass is 9.60. The first kappa shape index (κ1) is 22.3. The summed E-state index contributed by atoms with van der Waals surface area (Å²) in [7, 11) is 0. The second-order valence-corrected chi connectivity index (χ2v) is 10.9. The minimum Gasteiger partial charge on any atom is -0.349 e. The van der Waals surface area contributed by atoms with Crippen molar-refractivity contribution >= 4 is 22.9 Å². The molecule has 3 heterocycles. The van der Waals surface area contributed by atoms with Crippen LogP contribution in [0.1, 0.15) is 32.3 Å². The number of likely N-dealkylation sites (tertiary alicyclic amines) is 1. The number of carbonyl (C=O) groups excluding carboxylic acids is 1. The van der Waals surface area contributed by atoms with Crippen LogP contribution < -0.4 is 10.2 Å². The SMILES string of the molecule is C[C@@H]1CN(c2cnc3ccccc3n2)[C@@H](C)CN1C(=O)NC1CC2(C1)CN(Cc1ccccc1)C2. The van der Waals surface area contributed by atoms with Crippen molar-refractivity contribution in [3.63, 3.8) is 0 Å². The van der Waals surface area contributed by atoms with E-state index in [0.29, 0.717) is 18.0 Å². The van der Waals surface area contributed by atoms with Crippen LogP contribution in [0.15, 0.2) is 60.8 Å². The van der Waals surface area contributed by atoms with Gasteiger partial charge < -0.3 is 15.1 Å². The van der Waals surface area contributed by atoms with Gasteiger partial charge in [0.15, 0.2) is 0 Å². The van der Waals surface area contributed by atoms with E-state index in [-0.39, 0.29) is 18.1 Å². The zero-order valence-electron chi connectivity index (χ0n) is 20.6. The first-order chi connectivity index (χ1) is 17.0. The minimum atomic E-state index is 0.0777. The van der Waals surface area contributed by atoms with Crippen LogP contribution in [0, 0.1) is 5.41 Å². The summed E-state index contributed by atoms with van der Waals surface area (Å²) in [5, 5.41) is 3.33. The number of nitrogens with zero attached hydrogens (tertiary/aromatic N) is 5. The lowest BCUT2D eigenvalue weighted by molar-refractivity contribution is -0.0811. The van der Waals surface area contributed by atoms with Gasteiger partial charge in [-0.3, -0.25) is 9.88 Å². The summed E-state index contributed by atoms with van der Waals surface area (Å²) >= 11 is 0. The van der Waals surface area contributed by atoms with E-state index in [1.165, 1.54) is 5.56 Å². The molecule has 2 atom stereocenters. The van der Waals surface area contributed by atoms with Crippen LogP contribution in [0.2, 0.25) is 0 Å². The van der Waals surface area contributed by atoms with Gasteiger partial charge >= 0.3 is 6.03 Å². The molecule has 1 N–H and O–H groups in total. The summed E-state index contributed by atoms with van der Waals surface area (Å²) in [6.45, 7) is 9.05. The van der Waals surface area contributed by atoms with Crippen LogP contribution in [-0.4, -0.2) is 70.1 Å². The van der Waals surface area contributed by atoms with Crippen molar-refractivity contribution in [3.05, 3.63) is 66.4 Å². The fourth-order valence-corrected chi connectivity index (χ4v) is 6.27. The summed E-state index contributed by atoms with van der Waals surface area (Å²) in [4.78, 5) is 29.4. The van der Waals surface area contributed by atoms with Gasteiger partial charge in [-0.2, -0.15) is 0 Å². The van der Waals surface area contributed by atoms with Crippen LogP contribution in [0.25, 0.3) is 11.0 Å². The molecular formula is C28H34N6O. The molecule has 2 saturated heterocycles. The molecule has 182 valence electrons. The Morgan fingerprint density at radius 3 is 2.46 bits per heavy atom. The molecule has 1 spiro atoms. The highest BCUT2D eigenvalue weighted by Crippen LogP contribution is 2.48. The molecule has 1 aliphatic carbocycles. The molecule has 7 nitrogen and oxygen atoms in total. The maximum absolute atomic E-state index is 13.2. The highest BCUT2D eigenvalue weighted by atomic mass is 16.2. The average Bonchev–Trinajstić information content (AvgIpc) is 2.82. The highest BCUT2D eigenvalue weighted by molar-refractivity contribution is 5.77. The number of anilines is 1. The smallest absolute Gasteiger partial charge is 0.317 e. The van der Waals surface area contributed by atoms with Crippen LogP contribution in [-0.2, 0) is 6.54 Å². The normalized spacial score (nSPS) is 24.3. The molecule has 1 aromatic heterocycles. The molecule has 3 aromatic rings. The van der Waals surface area contributed by atoms with Crippen molar-refractivity contribution in [3.8, 4) is 0 Å². The van der Waals surface area contributed by atoms with Gasteiger partial charge in [-0.15, -0.1) is 0 Å². The number of nitrogens with one attached hydrogen (secondary N) is 1. The van der Waals surface area contributed by atoms with Crippen molar-refractivity contribution < 1.29 is 4.79 Å². The van der Waals surface area contributed by atoms with Gasteiger partial charge in [0.25, 0.3) is 0 Å². The van der Waals surface area contributed by atoms with Crippen molar-refractivity contribution in [2.75, 3.05) is 31.1 Å². The molecule has 6 rings (SSSR count). The van der Waals surface area contributed by atoms with Crippen LogP contribution in [0.4, 0.5) is 10.6 Å². The van der Waals surface area contributed by atoms with Crippen LogP contribution in [0.3, 0.4) is 0 Å². The van der Waals surface area contributed by atoms with E-state index >= 15 is 0 Å². The molecule has 3 fully saturated rings. The number of carbonyl (C=O) groups is 1. The van der Waals surface area contributed by atoms with E-state index in [0.717, 1.165) is 55.9 Å². The third-order valence-electron chi connectivity index (χ3n) is 8.03. The third kappa shape index (κ3) is 4.33. The number of hydrogen-bond acceptors (Lipinski definition) is 5. The first-order valence-corrected chi connectivity index (χ1v) is 12.8. The monoisotopic (exact) mass is 470 g/mol. The molecule has 0 unspecified atom stereocenters. The van der Waals surface area contributed by atoms with E-state index in [2.05, 4.69) is 64.3 Å². The molecule has 0 radical (unpaired) electrons. The third-order valence-corrected chi connectivity index (χ3v) is 8.03. The Morgan fingerprint density at radius 2 is 1.69 bits per heavy atom. The van der Waals surface area contributed by atoms with Gasteiger partial charge in [0, 0.05) is 50.8 Å². The average molecular weight is 471 g/mol. The van der Waals surface area contributed by atoms with Gasteiger partial charge in [0.2, 0.25) is 0 Å². The largest absolute Gasteiger partial charge is 0.349 e. The zero-order valence-corrected chi connectivity index (χ0v) is 20.6. The van der Waals surface area contributed by atoms with E-state index < -0.39 is 0 Å². The number of amides is 2. The zero-order chi connectivity index (χ0) is 24.0. The Kier molecular flexibility index (Phi) is 5.60. The van der Waals surface area contributed by atoms with Crippen molar-refractivity contribution in [1.82, 2.24) is 25.1 Å². The van der Waals surface area contributed by atoms with Gasteiger partial charge in [0.1, 0.15) is 5.82 Å². The van der Waals surface area contributed by atoms with E-state index in [1.54, 1.807) is 0 Å². The number of rotatable bonds is 4. The standard InChI is InChI=1S/C28H34N6O/c1-20-16-34(21(2)15-33(20)26-14-29-24-10-6-7-11-25(24)31-26)27(35)30-23-12-28(13-23)18-32(19-28)17-22-8-4-3-5-9-22/h3-11,14,20-21,23H,12-13,15-19H2,1-2H3,(H,30,35)/t20-,21+/m0/s1. The summed E-state index contributed by atoms with van der Waals surface area (Å²) < 4.78 is 0. The Hall–Kier alpha value is -3.19. The van der Waals surface area contributed by atoms with Gasteiger partial charge in [-0.05, 0) is 49.8 Å². The molecule has 3 aliphatic rings. The predicted octanol–water partition coefficient (Wildman–Crippen LogP) is 3.90. The van der Waals surface area contributed by atoms with E-state index in [1.807, 2.05) is 35.4 Å². The lowest BCUT2D eigenvalue weighted by Gasteiger charge is -2.59. The van der Waals surface area contributed by atoms with Gasteiger partial charge in [-0.1, -0.05) is 42.5 Å². The van der Waals surface area contributed by atoms with Crippen molar-refractivity contribution in [2.24, 2.45) is 5.41 Å². The van der Waals surface area contributed by atoms with Crippen LogP contribution >= 0.6 is 0 Å². The summed E-state index contributed by atoms with van der Waals surface area (Å²) in [5.41, 5.74) is 3.60. The predicted molar refractivity (Wildman–Crippen MR) is 138 cm³/mol. The molecule has 7 heteroatoms. The van der Waals surface area contributed by atoms with Gasteiger partial charge in [0.05, 0.1) is 17.2 Å². The van der Waals surface area contributed by atoms with E-state index in [9.17, 15) is 4.79 Å². The maximum Gasteiger partial charge on any atom is 0.317 e. The quantitative estimate of drug-likeness (QED) is 0.627. The Balaban J connectivity index is 1.00. The fraction of sp³-hybridized carbons (Fsp3) is 0.464. The summed E-state index contributed by atoms with van der Waals surface area (Å²) in [6, 6.07) is 19.3. The molecular weight excluding hydrogens is 436 g/mol. The molecule has 1 saturated carbocycles.